The Morgan fingerprint density at radius 1 is 0.968 bits per heavy atom. The summed E-state index contributed by atoms with van der Waals surface area (Å²) in [6, 6.07) is 7.88. The second kappa shape index (κ2) is 13.0. The second-order valence-electron chi connectivity index (χ2n) is 5.73. The van der Waals surface area contributed by atoms with Gasteiger partial charge < -0.3 is 24.8 Å². The highest BCUT2D eigenvalue weighted by molar-refractivity contribution is 14.0. The largest absolute Gasteiger partial charge is 0.497 e. The zero-order valence-corrected chi connectivity index (χ0v) is 18.8. The van der Waals surface area contributed by atoms with Gasteiger partial charge in [0.05, 0.1) is 7.11 Å². The number of hydrogen-bond acceptors (Lipinski definition) is 4. The van der Waals surface area contributed by atoms with Crippen LogP contribution in [0.3, 0.4) is 0 Å². The number of benzene rings is 2. The average Bonchev–Trinajstić information content (AvgIpc) is 2.69. The van der Waals surface area contributed by atoms with Crippen molar-refractivity contribution in [2.24, 2.45) is 4.99 Å². The molecule has 2 aromatic rings. The van der Waals surface area contributed by atoms with Gasteiger partial charge in [0, 0.05) is 31.3 Å². The van der Waals surface area contributed by atoms with Crippen LogP contribution in [0.25, 0.3) is 0 Å². The van der Waals surface area contributed by atoms with Gasteiger partial charge in [-0.1, -0.05) is 6.07 Å². The molecule has 2 aromatic carbocycles. The van der Waals surface area contributed by atoms with E-state index in [0.717, 1.165) is 6.07 Å². The predicted octanol–water partition coefficient (Wildman–Crippen LogP) is 4.52. The van der Waals surface area contributed by atoms with Gasteiger partial charge in [0.25, 0.3) is 0 Å². The first-order valence-corrected chi connectivity index (χ1v) is 8.62. The van der Waals surface area contributed by atoms with Gasteiger partial charge in [-0.15, -0.1) is 24.0 Å². The first-order valence-electron chi connectivity index (χ1n) is 8.62. The Morgan fingerprint density at radius 2 is 1.61 bits per heavy atom. The van der Waals surface area contributed by atoms with Crippen LogP contribution in [0, 0.1) is 5.82 Å². The van der Waals surface area contributed by atoms with Crippen LogP contribution in [0.15, 0.2) is 41.4 Å². The summed E-state index contributed by atoms with van der Waals surface area (Å²) in [7, 11) is 2.85. The molecule has 31 heavy (non-hydrogen) atoms. The normalized spacial score (nSPS) is 11.2. The molecule has 0 amide bonds. The maximum Gasteiger partial charge on any atom is 0.387 e. The van der Waals surface area contributed by atoms with Gasteiger partial charge in [-0.2, -0.15) is 17.6 Å². The third-order valence-electron chi connectivity index (χ3n) is 3.88. The number of guanidine groups is 1. The maximum atomic E-state index is 14.0. The van der Waals surface area contributed by atoms with E-state index in [9.17, 15) is 22.0 Å². The number of nitrogens with one attached hydrogen (secondary N) is 2. The van der Waals surface area contributed by atoms with E-state index in [-0.39, 0.29) is 60.1 Å². The Bertz CT molecular complexity index is 872. The Labute approximate surface area is 192 Å². The van der Waals surface area contributed by atoms with Gasteiger partial charge in [0.1, 0.15) is 23.1 Å². The van der Waals surface area contributed by atoms with Crippen LogP contribution in [0.4, 0.5) is 22.0 Å². The lowest BCUT2D eigenvalue weighted by atomic mass is 10.2. The van der Waals surface area contributed by atoms with E-state index in [1.54, 1.807) is 0 Å². The Hall–Kier alpha value is -2.51. The van der Waals surface area contributed by atoms with Gasteiger partial charge in [-0.05, 0) is 30.3 Å². The lowest BCUT2D eigenvalue weighted by Gasteiger charge is -2.17. The monoisotopic (exact) mass is 561 g/mol. The fraction of sp³-hybridized carbons (Fsp3) is 0.316. The zero-order chi connectivity index (χ0) is 22.1. The third kappa shape index (κ3) is 8.26. The van der Waals surface area contributed by atoms with Crippen molar-refractivity contribution in [1.29, 1.82) is 0 Å². The molecule has 0 atom stereocenters. The average molecular weight is 561 g/mol. The fourth-order valence-corrected chi connectivity index (χ4v) is 2.52. The van der Waals surface area contributed by atoms with Gasteiger partial charge in [-0.25, -0.2) is 4.39 Å². The number of aliphatic imine (C=N–C) groups is 1. The van der Waals surface area contributed by atoms with Crippen molar-refractivity contribution in [1.82, 2.24) is 10.6 Å². The number of halogens is 6. The molecule has 172 valence electrons. The van der Waals surface area contributed by atoms with Crippen molar-refractivity contribution in [2.75, 3.05) is 14.2 Å². The first kappa shape index (κ1) is 26.5. The van der Waals surface area contributed by atoms with Crippen molar-refractivity contribution >= 4 is 29.9 Å². The molecule has 0 saturated heterocycles. The van der Waals surface area contributed by atoms with E-state index in [0.29, 0.717) is 11.3 Å². The molecule has 0 aromatic heterocycles. The molecule has 0 aliphatic rings. The number of methoxy groups -OCH3 is 1. The molecule has 0 radical (unpaired) electrons. The molecule has 0 aliphatic heterocycles. The molecule has 2 rings (SSSR count). The van der Waals surface area contributed by atoms with Crippen molar-refractivity contribution in [3.8, 4) is 17.2 Å². The van der Waals surface area contributed by atoms with Gasteiger partial charge >= 0.3 is 13.2 Å². The van der Waals surface area contributed by atoms with E-state index in [1.807, 2.05) is 0 Å². The number of rotatable bonds is 9. The summed E-state index contributed by atoms with van der Waals surface area (Å²) in [6.07, 6.45) is 0. The summed E-state index contributed by atoms with van der Waals surface area (Å²) >= 11 is 0. The molecule has 0 saturated carbocycles. The third-order valence-corrected chi connectivity index (χ3v) is 3.88. The first-order chi connectivity index (χ1) is 14.3. The number of nitrogens with zero attached hydrogens (tertiary/aromatic N) is 1. The minimum Gasteiger partial charge on any atom is -0.497 e. The summed E-state index contributed by atoms with van der Waals surface area (Å²) in [5.41, 5.74) is 0.231. The van der Waals surface area contributed by atoms with E-state index in [1.165, 1.54) is 44.5 Å². The Balaban J connectivity index is 0.00000480. The van der Waals surface area contributed by atoms with Crippen LogP contribution in [-0.4, -0.2) is 33.3 Å². The molecular formula is C19H21F5IN3O3. The highest BCUT2D eigenvalue weighted by Gasteiger charge is 2.15. The quantitative estimate of drug-likeness (QED) is 0.204. The summed E-state index contributed by atoms with van der Waals surface area (Å²) in [5, 5.41) is 5.60. The predicted molar refractivity (Wildman–Crippen MR) is 115 cm³/mol. The molecule has 0 fully saturated rings. The van der Waals surface area contributed by atoms with Gasteiger partial charge in [0.15, 0.2) is 5.96 Å². The molecule has 0 bridgehead atoms. The molecule has 0 aliphatic carbocycles. The van der Waals surface area contributed by atoms with E-state index in [2.05, 4.69) is 25.1 Å². The van der Waals surface area contributed by atoms with Crippen LogP contribution in [0.5, 0.6) is 17.2 Å². The lowest BCUT2D eigenvalue weighted by molar-refractivity contribution is -0.0512. The highest BCUT2D eigenvalue weighted by atomic mass is 127. The standard InChI is InChI=1S/C19H20F5N3O3.HI/c1-25-19(27-10-13-14(20)4-3-5-16(13)30-18(23)24)26-9-11-8-12(28-2)6-7-15(11)29-17(21)22;/h3-8,17-18H,9-10H2,1-2H3,(H2,25,26,27);1H. The summed E-state index contributed by atoms with van der Waals surface area (Å²) in [4.78, 5) is 3.93. The Morgan fingerprint density at radius 3 is 2.23 bits per heavy atom. The van der Waals surface area contributed by atoms with E-state index >= 15 is 0 Å². The lowest BCUT2D eigenvalue weighted by Crippen LogP contribution is -2.36. The van der Waals surface area contributed by atoms with Crippen LogP contribution in [0.1, 0.15) is 11.1 Å². The number of hydrogen-bond donors (Lipinski definition) is 2. The van der Waals surface area contributed by atoms with Crippen molar-refractivity contribution < 1.29 is 36.2 Å². The Kier molecular flexibility index (Phi) is 11.1. The number of alkyl halides is 4. The minimum absolute atomic E-state index is 0. The van der Waals surface area contributed by atoms with Crippen LogP contribution in [-0.2, 0) is 13.1 Å². The van der Waals surface area contributed by atoms with Crippen molar-refractivity contribution in [3.63, 3.8) is 0 Å². The summed E-state index contributed by atoms with van der Waals surface area (Å²) < 4.78 is 78.2. The summed E-state index contributed by atoms with van der Waals surface area (Å²) in [6.45, 7) is -6.32. The molecule has 0 spiro atoms. The topological polar surface area (TPSA) is 64.1 Å². The molecule has 0 heterocycles. The highest BCUT2D eigenvalue weighted by Crippen LogP contribution is 2.26. The zero-order valence-electron chi connectivity index (χ0n) is 16.5. The smallest absolute Gasteiger partial charge is 0.387 e. The van der Waals surface area contributed by atoms with Crippen LogP contribution in [0.2, 0.25) is 0 Å². The molecule has 6 nitrogen and oxygen atoms in total. The van der Waals surface area contributed by atoms with Crippen molar-refractivity contribution in [3.05, 3.63) is 53.3 Å². The van der Waals surface area contributed by atoms with E-state index in [4.69, 9.17) is 4.74 Å². The minimum atomic E-state index is -3.11. The van der Waals surface area contributed by atoms with E-state index < -0.39 is 19.0 Å². The molecule has 0 unspecified atom stereocenters. The molecule has 12 heteroatoms. The summed E-state index contributed by atoms with van der Waals surface area (Å²) in [5.74, 6) is -0.524. The van der Waals surface area contributed by atoms with Crippen LogP contribution < -0.4 is 24.8 Å². The number of ether oxygens (including phenoxy) is 3. The SMILES string of the molecule is CN=C(NCc1cc(OC)ccc1OC(F)F)NCc1c(F)cccc1OC(F)F.I. The second-order valence-corrected chi connectivity index (χ2v) is 5.73. The molecular weight excluding hydrogens is 540 g/mol. The van der Waals surface area contributed by atoms with Gasteiger partial charge in [-0.3, -0.25) is 4.99 Å². The fourth-order valence-electron chi connectivity index (χ4n) is 2.52. The van der Waals surface area contributed by atoms with Crippen LogP contribution >= 0.6 is 24.0 Å². The van der Waals surface area contributed by atoms with Gasteiger partial charge in [0.2, 0.25) is 0 Å². The maximum absolute atomic E-state index is 14.0. The van der Waals surface area contributed by atoms with Crippen molar-refractivity contribution in [2.45, 2.75) is 26.3 Å². The molecule has 2 N–H and O–H groups in total.